The van der Waals surface area contributed by atoms with Gasteiger partial charge in [-0.15, -0.1) is 0 Å². The van der Waals surface area contributed by atoms with Crippen LogP contribution in [0.4, 0.5) is 0 Å². The Morgan fingerprint density at radius 2 is 1.88 bits per heavy atom. The number of H-pyrrole nitrogens is 1. The highest BCUT2D eigenvalue weighted by Crippen LogP contribution is 2.28. The second kappa shape index (κ2) is 5.86. The van der Waals surface area contributed by atoms with E-state index in [9.17, 15) is 9.59 Å². The number of nitrogens with two attached hydrogens (primary N) is 1. The molecule has 7 nitrogen and oxygen atoms in total. The minimum Gasteiger partial charge on any atom is -0.364 e. The summed E-state index contributed by atoms with van der Waals surface area (Å²) in [7, 11) is 0. The topological polar surface area (TPSA) is 107 Å². The molecule has 3 rings (SSSR count). The third-order valence-corrected chi connectivity index (χ3v) is 4.36. The number of carbonyl (C=O) groups is 1. The number of hydrogen-bond acceptors (Lipinski definition) is 4. The van der Waals surface area contributed by atoms with Gasteiger partial charge in [-0.1, -0.05) is 23.2 Å². The lowest BCUT2D eigenvalue weighted by Gasteiger charge is -2.20. The maximum Gasteiger partial charge on any atom is 0.328 e. The van der Waals surface area contributed by atoms with Gasteiger partial charge < -0.3 is 10.7 Å². The summed E-state index contributed by atoms with van der Waals surface area (Å²) in [6.07, 6.45) is 0. The number of nitrogens with one attached hydrogen (secondary N) is 1. The molecule has 130 valence electrons. The smallest absolute Gasteiger partial charge is 0.328 e. The Morgan fingerprint density at radius 1 is 1.20 bits per heavy atom. The van der Waals surface area contributed by atoms with Crippen molar-refractivity contribution in [3.63, 3.8) is 0 Å². The van der Waals surface area contributed by atoms with Crippen molar-refractivity contribution in [2.75, 3.05) is 0 Å². The predicted molar refractivity (Wildman–Crippen MR) is 97.1 cm³/mol. The number of primary amides is 1. The van der Waals surface area contributed by atoms with Crippen molar-refractivity contribution in [1.82, 2.24) is 19.5 Å². The molecule has 0 atom stereocenters. The number of imidazole rings is 1. The Hall–Kier alpha value is -2.38. The zero-order valence-electron chi connectivity index (χ0n) is 13.7. The molecular formula is C16H15Cl2N5O2. The van der Waals surface area contributed by atoms with Gasteiger partial charge in [-0.2, -0.15) is 0 Å². The van der Waals surface area contributed by atoms with E-state index in [0.29, 0.717) is 21.3 Å². The van der Waals surface area contributed by atoms with Gasteiger partial charge in [0.15, 0.2) is 17.2 Å². The highest BCUT2D eigenvalue weighted by molar-refractivity contribution is 6.42. The lowest BCUT2D eigenvalue weighted by molar-refractivity contribution is 0.0997. The first-order valence-corrected chi connectivity index (χ1v) is 8.13. The Balaban J connectivity index is 2.40. The van der Waals surface area contributed by atoms with Gasteiger partial charge in [-0.3, -0.25) is 9.36 Å². The van der Waals surface area contributed by atoms with Gasteiger partial charge >= 0.3 is 5.69 Å². The summed E-state index contributed by atoms with van der Waals surface area (Å²) < 4.78 is 1.46. The quantitative estimate of drug-likeness (QED) is 0.713. The molecule has 0 spiro atoms. The number of aromatic amines is 1. The van der Waals surface area contributed by atoms with Crippen molar-refractivity contribution >= 4 is 40.3 Å². The molecule has 2 aromatic heterocycles. The van der Waals surface area contributed by atoms with E-state index in [0.717, 1.165) is 0 Å². The second-order valence-corrected chi connectivity index (χ2v) is 7.34. The highest BCUT2D eigenvalue weighted by Gasteiger charge is 2.25. The van der Waals surface area contributed by atoms with Gasteiger partial charge in [0, 0.05) is 11.1 Å². The van der Waals surface area contributed by atoms with E-state index in [4.69, 9.17) is 28.9 Å². The number of hydrogen-bond donors (Lipinski definition) is 2. The molecule has 1 amide bonds. The maximum atomic E-state index is 12.4. The average molecular weight is 380 g/mol. The minimum absolute atomic E-state index is 0.0637. The van der Waals surface area contributed by atoms with Gasteiger partial charge in [0.05, 0.1) is 10.0 Å². The van der Waals surface area contributed by atoms with Gasteiger partial charge in [-0.25, -0.2) is 14.8 Å². The molecule has 0 unspecified atom stereocenters. The van der Waals surface area contributed by atoms with Gasteiger partial charge in [0.2, 0.25) is 0 Å². The molecule has 0 radical (unpaired) electrons. The number of carbonyl (C=O) groups excluding carboxylic acids is 1. The zero-order chi connectivity index (χ0) is 18.5. The molecule has 0 fully saturated rings. The van der Waals surface area contributed by atoms with Gasteiger partial charge in [0.25, 0.3) is 5.91 Å². The first-order chi connectivity index (χ1) is 11.6. The van der Waals surface area contributed by atoms with Crippen molar-refractivity contribution in [2.45, 2.75) is 26.3 Å². The second-order valence-electron chi connectivity index (χ2n) is 6.52. The molecule has 0 aliphatic rings. The zero-order valence-corrected chi connectivity index (χ0v) is 15.2. The largest absolute Gasteiger partial charge is 0.364 e. The third kappa shape index (κ3) is 3.01. The van der Waals surface area contributed by atoms with Crippen LogP contribution in [-0.2, 0) is 5.54 Å². The van der Waals surface area contributed by atoms with Crippen molar-refractivity contribution in [2.24, 2.45) is 5.73 Å². The van der Waals surface area contributed by atoms with Crippen LogP contribution >= 0.6 is 23.2 Å². The van der Waals surface area contributed by atoms with Crippen LogP contribution in [0.3, 0.4) is 0 Å². The van der Waals surface area contributed by atoms with Crippen LogP contribution in [-0.4, -0.2) is 25.4 Å². The van der Waals surface area contributed by atoms with E-state index < -0.39 is 17.1 Å². The molecule has 0 aliphatic carbocycles. The first-order valence-electron chi connectivity index (χ1n) is 7.38. The average Bonchev–Trinajstić information content (AvgIpc) is 2.84. The number of rotatable bonds is 2. The van der Waals surface area contributed by atoms with Crippen molar-refractivity contribution in [3.8, 4) is 11.4 Å². The fourth-order valence-corrected chi connectivity index (χ4v) is 2.85. The number of fused-ring (bicyclic) bond motifs is 1. The molecule has 0 aliphatic heterocycles. The molecule has 25 heavy (non-hydrogen) atoms. The van der Waals surface area contributed by atoms with Crippen molar-refractivity contribution in [3.05, 3.63) is 44.4 Å². The number of amides is 1. The SMILES string of the molecule is CC(C)(C)n1c(=O)[nH]c2c(C(N)=O)nc(-c3ccc(Cl)c(Cl)c3)nc21. The maximum absolute atomic E-state index is 12.4. The Bertz CT molecular complexity index is 1060. The Labute approximate surface area is 152 Å². The lowest BCUT2D eigenvalue weighted by Crippen LogP contribution is -2.32. The van der Waals surface area contributed by atoms with E-state index in [1.165, 1.54) is 4.57 Å². The van der Waals surface area contributed by atoms with E-state index in [1.807, 2.05) is 20.8 Å². The molecule has 3 N–H and O–H groups in total. The molecule has 3 aromatic rings. The summed E-state index contributed by atoms with van der Waals surface area (Å²) in [5.41, 5.74) is 5.47. The fraction of sp³-hybridized carbons (Fsp3) is 0.250. The molecular weight excluding hydrogens is 365 g/mol. The number of nitrogens with zero attached hydrogens (tertiary/aromatic N) is 3. The van der Waals surface area contributed by atoms with E-state index in [-0.39, 0.29) is 17.0 Å². The van der Waals surface area contributed by atoms with Crippen molar-refractivity contribution < 1.29 is 4.79 Å². The fourth-order valence-electron chi connectivity index (χ4n) is 2.55. The summed E-state index contributed by atoms with van der Waals surface area (Å²) >= 11 is 12.0. The van der Waals surface area contributed by atoms with Crippen molar-refractivity contribution in [1.29, 1.82) is 0 Å². The van der Waals surface area contributed by atoms with Crippen LogP contribution in [0.1, 0.15) is 31.3 Å². The van der Waals surface area contributed by atoms with Crippen LogP contribution in [0.15, 0.2) is 23.0 Å². The first kappa shape index (κ1) is 17.4. The van der Waals surface area contributed by atoms with Crippen LogP contribution in [0.5, 0.6) is 0 Å². The summed E-state index contributed by atoms with van der Waals surface area (Å²) in [5.74, 6) is -0.548. The number of benzene rings is 1. The van der Waals surface area contributed by atoms with E-state index in [2.05, 4.69) is 15.0 Å². The molecule has 9 heteroatoms. The van der Waals surface area contributed by atoms with Gasteiger partial charge in [0.1, 0.15) is 5.52 Å². The molecule has 1 aromatic carbocycles. The lowest BCUT2D eigenvalue weighted by atomic mass is 10.1. The third-order valence-electron chi connectivity index (χ3n) is 3.62. The molecule has 0 bridgehead atoms. The minimum atomic E-state index is -0.768. The number of aromatic nitrogens is 4. The molecule has 0 saturated carbocycles. The van der Waals surface area contributed by atoms with E-state index >= 15 is 0 Å². The van der Waals surface area contributed by atoms with Crippen LogP contribution in [0.25, 0.3) is 22.6 Å². The highest BCUT2D eigenvalue weighted by atomic mass is 35.5. The normalized spacial score (nSPS) is 11.9. The number of halogens is 2. The summed E-state index contributed by atoms with van der Waals surface area (Å²) in [5, 5.41) is 0.709. The van der Waals surface area contributed by atoms with Gasteiger partial charge in [-0.05, 0) is 39.0 Å². The predicted octanol–water partition coefficient (Wildman–Crippen LogP) is 2.95. The van der Waals surface area contributed by atoms with Crippen LogP contribution < -0.4 is 11.4 Å². The Kier molecular flexibility index (Phi) is 4.09. The molecule has 0 saturated heterocycles. The van der Waals surface area contributed by atoms with E-state index in [1.54, 1.807) is 18.2 Å². The standard InChI is InChI=1S/C16H15Cl2N5O2/c1-16(2,3)23-14-11(21-15(23)25)10(12(19)24)20-13(22-14)7-4-5-8(17)9(18)6-7/h4-6H,1-3H3,(H2,19,24)(H,21,25). The summed E-state index contributed by atoms with van der Waals surface area (Å²) in [6.45, 7) is 5.56. The van der Waals surface area contributed by atoms with Crippen LogP contribution in [0.2, 0.25) is 10.0 Å². The monoisotopic (exact) mass is 379 g/mol. The molecule has 2 heterocycles. The summed E-state index contributed by atoms with van der Waals surface area (Å²) in [4.78, 5) is 35.5. The summed E-state index contributed by atoms with van der Waals surface area (Å²) in [6, 6.07) is 4.86. The Morgan fingerprint density at radius 3 is 2.44 bits per heavy atom. The van der Waals surface area contributed by atoms with Crippen LogP contribution in [0, 0.1) is 0 Å².